The third kappa shape index (κ3) is 2.03. The molecular formula is C13H17N3S. The lowest BCUT2D eigenvalue weighted by atomic mass is 10.2. The number of aromatic nitrogens is 2. The minimum absolute atomic E-state index is 0.526. The molecule has 17 heavy (non-hydrogen) atoms. The van der Waals surface area contributed by atoms with Crippen LogP contribution in [0.3, 0.4) is 0 Å². The van der Waals surface area contributed by atoms with Crippen LogP contribution in [0, 0.1) is 0 Å². The molecule has 3 nitrogen and oxygen atoms in total. The highest BCUT2D eigenvalue weighted by atomic mass is 32.1. The van der Waals surface area contributed by atoms with E-state index in [0.29, 0.717) is 12.6 Å². The Morgan fingerprint density at radius 2 is 2.24 bits per heavy atom. The molecule has 4 heteroatoms. The molecular weight excluding hydrogens is 230 g/mol. The highest BCUT2D eigenvalue weighted by molar-refractivity contribution is 7.13. The van der Waals surface area contributed by atoms with E-state index < -0.39 is 0 Å². The molecule has 0 unspecified atom stereocenters. The Kier molecular flexibility index (Phi) is 2.99. The highest BCUT2D eigenvalue weighted by Crippen LogP contribution is 2.34. The normalized spacial score (nSPS) is 16.8. The Morgan fingerprint density at radius 3 is 2.88 bits per heavy atom. The summed E-state index contributed by atoms with van der Waals surface area (Å²) in [6.07, 6.45) is 5.16. The van der Waals surface area contributed by atoms with E-state index in [1.54, 1.807) is 11.3 Å². The summed E-state index contributed by atoms with van der Waals surface area (Å²) in [4.78, 5) is 1.30. The highest BCUT2D eigenvalue weighted by Gasteiger charge is 2.21. The van der Waals surface area contributed by atoms with Gasteiger partial charge >= 0.3 is 0 Å². The SMILES string of the molecule is NCc1cc(-c2cccs2)n(C2CCCC2)n1. The quantitative estimate of drug-likeness (QED) is 0.905. The van der Waals surface area contributed by atoms with E-state index in [2.05, 4.69) is 33.4 Å². The van der Waals surface area contributed by atoms with E-state index in [1.807, 2.05) is 0 Å². The van der Waals surface area contributed by atoms with Crippen LogP contribution in [-0.2, 0) is 6.54 Å². The summed E-state index contributed by atoms with van der Waals surface area (Å²) in [7, 11) is 0. The first-order chi connectivity index (χ1) is 8.38. The number of rotatable bonds is 3. The second-order valence-electron chi connectivity index (χ2n) is 4.59. The van der Waals surface area contributed by atoms with Gasteiger partial charge < -0.3 is 5.73 Å². The molecule has 1 aliphatic rings. The number of nitrogens with two attached hydrogens (primary N) is 1. The van der Waals surface area contributed by atoms with Gasteiger partial charge in [-0.15, -0.1) is 11.3 Å². The molecule has 0 radical (unpaired) electrons. The molecule has 0 spiro atoms. The van der Waals surface area contributed by atoms with E-state index in [-0.39, 0.29) is 0 Å². The maximum Gasteiger partial charge on any atom is 0.0788 e. The van der Waals surface area contributed by atoms with Crippen molar-refractivity contribution in [3.8, 4) is 10.6 Å². The van der Waals surface area contributed by atoms with Crippen molar-refractivity contribution in [2.45, 2.75) is 38.3 Å². The Hall–Kier alpha value is -1.13. The first-order valence-electron chi connectivity index (χ1n) is 6.21. The van der Waals surface area contributed by atoms with Crippen molar-refractivity contribution in [1.82, 2.24) is 9.78 Å². The van der Waals surface area contributed by atoms with E-state index in [4.69, 9.17) is 5.73 Å². The molecule has 0 amide bonds. The smallest absolute Gasteiger partial charge is 0.0788 e. The number of nitrogens with zero attached hydrogens (tertiary/aromatic N) is 2. The van der Waals surface area contributed by atoms with Crippen molar-refractivity contribution >= 4 is 11.3 Å². The van der Waals surface area contributed by atoms with Crippen LogP contribution in [0.4, 0.5) is 0 Å². The van der Waals surface area contributed by atoms with Crippen LogP contribution in [0.25, 0.3) is 10.6 Å². The zero-order chi connectivity index (χ0) is 11.7. The number of hydrogen-bond donors (Lipinski definition) is 1. The first kappa shape index (κ1) is 11.0. The summed E-state index contributed by atoms with van der Waals surface area (Å²) in [5.41, 5.74) is 7.95. The van der Waals surface area contributed by atoms with Crippen LogP contribution in [0.1, 0.15) is 37.4 Å². The van der Waals surface area contributed by atoms with Gasteiger partial charge in [-0.3, -0.25) is 4.68 Å². The lowest BCUT2D eigenvalue weighted by molar-refractivity contribution is 0.468. The van der Waals surface area contributed by atoms with Crippen LogP contribution in [-0.4, -0.2) is 9.78 Å². The summed E-state index contributed by atoms with van der Waals surface area (Å²) in [6.45, 7) is 0.526. The number of thiophene rings is 1. The lowest BCUT2D eigenvalue weighted by Crippen LogP contribution is -2.09. The van der Waals surface area contributed by atoms with Crippen LogP contribution in [0.15, 0.2) is 23.6 Å². The van der Waals surface area contributed by atoms with Crippen LogP contribution in [0.2, 0.25) is 0 Å². The fourth-order valence-electron chi connectivity index (χ4n) is 2.58. The monoisotopic (exact) mass is 247 g/mol. The molecule has 2 heterocycles. The maximum absolute atomic E-state index is 5.71. The summed E-state index contributed by atoms with van der Waals surface area (Å²) >= 11 is 1.77. The Balaban J connectivity index is 2.03. The summed E-state index contributed by atoms with van der Waals surface area (Å²) < 4.78 is 2.21. The molecule has 0 bridgehead atoms. The van der Waals surface area contributed by atoms with E-state index in [1.165, 1.54) is 36.3 Å². The first-order valence-corrected chi connectivity index (χ1v) is 7.09. The van der Waals surface area contributed by atoms with Crippen molar-refractivity contribution in [3.05, 3.63) is 29.3 Å². The van der Waals surface area contributed by atoms with Gasteiger partial charge in [-0.25, -0.2) is 0 Å². The van der Waals surface area contributed by atoms with Gasteiger partial charge in [0.2, 0.25) is 0 Å². The summed E-state index contributed by atoms with van der Waals surface area (Å²) in [6, 6.07) is 6.97. The molecule has 0 atom stereocenters. The largest absolute Gasteiger partial charge is 0.325 e. The second-order valence-corrected chi connectivity index (χ2v) is 5.53. The Morgan fingerprint density at radius 1 is 1.41 bits per heavy atom. The molecule has 0 saturated heterocycles. The fourth-order valence-corrected chi connectivity index (χ4v) is 3.31. The molecule has 2 N–H and O–H groups in total. The van der Waals surface area contributed by atoms with Crippen LogP contribution in [0.5, 0.6) is 0 Å². The zero-order valence-electron chi connectivity index (χ0n) is 9.80. The van der Waals surface area contributed by atoms with Crippen molar-refractivity contribution in [2.24, 2.45) is 5.73 Å². The zero-order valence-corrected chi connectivity index (χ0v) is 10.6. The molecule has 0 aromatic carbocycles. The Bertz CT molecular complexity index is 481. The number of hydrogen-bond acceptors (Lipinski definition) is 3. The standard InChI is InChI=1S/C13H17N3S/c14-9-10-8-12(13-6-3-7-17-13)16(15-10)11-4-1-2-5-11/h3,6-8,11H,1-2,4-5,9,14H2. The van der Waals surface area contributed by atoms with Gasteiger partial charge in [0.05, 0.1) is 22.3 Å². The third-order valence-electron chi connectivity index (χ3n) is 3.44. The minimum Gasteiger partial charge on any atom is -0.325 e. The minimum atomic E-state index is 0.526. The third-order valence-corrected chi connectivity index (χ3v) is 4.33. The topological polar surface area (TPSA) is 43.8 Å². The van der Waals surface area contributed by atoms with Crippen LogP contribution < -0.4 is 5.73 Å². The van der Waals surface area contributed by atoms with Crippen LogP contribution >= 0.6 is 11.3 Å². The molecule has 1 fully saturated rings. The van der Waals surface area contributed by atoms with Gasteiger partial charge in [0.1, 0.15) is 0 Å². The van der Waals surface area contributed by atoms with Gasteiger partial charge in [-0.1, -0.05) is 18.9 Å². The second kappa shape index (κ2) is 4.63. The van der Waals surface area contributed by atoms with Crippen molar-refractivity contribution in [1.29, 1.82) is 0 Å². The predicted molar refractivity (Wildman–Crippen MR) is 70.9 cm³/mol. The lowest BCUT2D eigenvalue weighted by Gasteiger charge is -2.13. The van der Waals surface area contributed by atoms with E-state index in [0.717, 1.165) is 5.69 Å². The summed E-state index contributed by atoms with van der Waals surface area (Å²) in [5, 5.41) is 6.78. The molecule has 1 saturated carbocycles. The average molecular weight is 247 g/mol. The molecule has 1 aliphatic carbocycles. The van der Waals surface area contributed by atoms with Gasteiger partial charge in [0.15, 0.2) is 0 Å². The van der Waals surface area contributed by atoms with Gasteiger partial charge in [-0.05, 0) is 30.4 Å². The summed E-state index contributed by atoms with van der Waals surface area (Å²) in [5.74, 6) is 0. The molecule has 3 rings (SSSR count). The fraction of sp³-hybridized carbons (Fsp3) is 0.462. The van der Waals surface area contributed by atoms with Crippen molar-refractivity contribution in [3.63, 3.8) is 0 Å². The average Bonchev–Trinajstić information content (AvgIpc) is 3.09. The van der Waals surface area contributed by atoms with Crippen molar-refractivity contribution < 1.29 is 0 Å². The van der Waals surface area contributed by atoms with Gasteiger partial charge in [0.25, 0.3) is 0 Å². The van der Waals surface area contributed by atoms with Gasteiger partial charge in [-0.2, -0.15) is 5.10 Å². The maximum atomic E-state index is 5.71. The molecule has 90 valence electrons. The Labute approximate surface area is 105 Å². The molecule has 0 aliphatic heterocycles. The van der Waals surface area contributed by atoms with E-state index >= 15 is 0 Å². The van der Waals surface area contributed by atoms with Crippen molar-refractivity contribution in [2.75, 3.05) is 0 Å². The van der Waals surface area contributed by atoms with E-state index in [9.17, 15) is 0 Å². The molecule has 2 aromatic rings. The predicted octanol–water partition coefficient (Wildman–Crippen LogP) is 3.19. The molecule has 2 aromatic heterocycles. The van der Waals surface area contributed by atoms with Gasteiger partial charge in [0, 0.05) is 6.54 Å².